The minimum atomic E-state index is -0.825. The molecule has 2 aliphatic carbocycles. The molecule has 0 radical (unpaired) electrons. The highest BCUT2D eigenvalue weighted by Gasteiger charge is 2.47. The molecule has 4 nitrogen and oxygen atoms in total. The van der Waals surface area contributed by atoms with Crippen LogP contribution in [-0.4, -0.2) is 23.5 Å². The van der Waals surface area contributed by atoms with Crippen molar-refractivity contribution >= 4 is 11.9 Å². The molecule has 0 aromatic rings. The number of nitrogens with one attached hydrogen (secondary N) is 1. The Bertz CT molecular complexity index is 374. The Kier molecular flexibility index (Phi) is 3.88. The maximum atomic E-state index is 12.2. The molecule has 0 aliphatic heterocycles. The fourth-order valence-electron chi connectivity index (χ4n) is 3.37. The Morgan fingerprint density at radius 3 is 2.32 bits per heavy atom. The number of carboxylic acids is 1. The van der Waals surface area contributed by atoms with Crippen molar-refractivity contribution in [2.45, 2.75) is 46.5 Å². The first-order valence-electron chi connectivity index (χ1n) is 7.36. The van der Waals surface area contributed by atoms with Gasteiger partial charge >= 0.3 is 5.97 Å². The van der Waals surface area contributed by atoms with Crippen molar-refractivity contribution in [2.24, 2.45) is 29.1 Å². The van der Waals surface area contributed by atoms with E-state index in [1.165, 1.54) is 12.8 Å². The molecule has 2 rings (SSSR count). The van der Waals surface area contributed by atoms with Gasteiger partial charge in [0.15, 0.2) is 0 Å². The molecule has 0 saturated heterocycles. The van der Waals surface area contributed by atoms with Crippen LogP contribution in [0.2, 0.25) is 0 Å². The maximum absolute atomic E-state index is 12.2. The monoisotopic (exact) mass is 267 g/mol. The van der Waals surface area contributed by atoms with E-state index >= 15 is 0 Å². The lowest BCUT2D eigenvalue weighted by Crippen LogP contribution is -2.39. The van der Waals surface area contributed by atoms with E-state index in [1.807, 2.05) is 6.92 Å². The van der Waals surface area contributed by atoms with E-state index in [4.69, 9.17) is 0 Å². The fraction of sp³-hybridized carbons (Fsp3) is 0.867. The average Bonchev–Trinajstić information content (AvgIpc) is 3.02. The molecule has 2 fully saturated rings. The van der Waals surface area contributed by atoms with Crippen LogP contribution < -0.4 is 5.32 Å². The topological polar surface area (TPSA) is 66.4 Å². The predicted octanol–water partition coefficient (Wildman–Crippen LogP) is 2.29. The molecule has 2 aliphatic rings. The van der Waals surface area contributed by atoms with E-state index in [-0.39, 0.29) is 17.2 Å². The van der Waals surface area contributed by atoms with Gasteiger partial charge in [-0.3, -0.25) is 9.59 Å². The zero-order chi connectivity index (χ0) is 14.2. The van der Waals surface area contributed by atoms with Gasteiger partial charge in [-0.15, -0.1) is 0 Å². The van der Waals surface area contributed by atoms with Gasteiger partial charge in [0.1, 0.15) is 0 Å². The van der Waals surface area contributed by atoms with Crippen LogP contribution in [0.4, 0.5) is 0 Å². The first-order chi connectivity index (χ1) is 8.85. The third-order valence-corrected chi connectivity index (χ3v) is 5.18. The van der Waals surface area contributed by atoms with Crippen LogP contribution in [0.25, 0.3) is 0 Å². The second kappa shape index (κ2) is 5.14. The molecule has 0 aromatic carbocycles. The highest BCUT2D eigenvalue weighted by Crippen LogP contribution is 2.51. The van der Waals surface area contributed by atoms with Crippen molar-refractivity contribution in [3.63, 3.8) is 0 Å². The third-order valence-electron chi connectivity index (χ3n) is 5.18. The van der Waals surface area contributed by atoms with Crippen LogP contribution in [0.5, 0.6) is 0 Å². The molecule has 1 amide bonds. The van der Waals surface area contributed by atoms with E-state index in [0.29, 0.717) is 31.2 Å². The molecule has 4 heteroatoms. The van der Waals surface area contributed by atoms with Crippen LogP contribution >= 0.6 is 0 Å². The van der Waals surface area contributed by atoms with E-state index in [0.717, 1.165) is 0 Å². The number of carbonyl (C=O) groups excluding carboxylic acids is 1. The van der Waals surface area contributed by atoms with Gasteiger partial charge in [-0.1, -0.05) is 20.8 Å². The molecule has 3 atom stereocenters. The van der Waals surface area contributed by atoms with Crippen molar-refractivity contribution in [3.8, 4) is 0 Å². The lowest BCUT2D eigenvalue weighted by molar-refractivity contribution is -0.146. The number of rotatable bonds is 5. The van der Waals surface area contributed by atoms with Gasteiger partial charge in [0.05, 0.1) is 11.8 Å². The smallest absolute Gasteiger partial charge is 0.307 e. The summed E-state index contributed by atoms with van der Waals surface area (Å²) in [6.45, 7) is 7.12. The predicted molar refractivity (Wildman–Crippen MR) is 72.5 cm³/mol. The first kappa shape index (κ1) is 14.4. The highest BCUT2D eigenvalue weighted by atomic mass is 16.4. The van der Waals surface area contributed by atoms with Crippen LogP contribution in [-0.2, 0) is 9.59 Å². The third kappa shape index (κ3) is 2.93. The minimum Gasteiger partial charge on any atom is -0.481 e. The summed E-state index contributed by atoms with van der Waals surface area (Å²) in [6.07, 6.45) is 3.68. The number of carboxylic acid groups (broad SMARTS) is 1. The van der Waals surface area contributed by atoms with Crippen molar-refractivity contribution in [3.05, 3.63) is 0 Å². The minimum absolute atomic E-state index is 0.0522. The number of aliphatic carboxylic acids is 1. The Balaban J connectivity index is 1.91. The summed E-state index contributed by atoms with van der Waals surface area (Å²) in [5.74, 6) is -0.805. The van der Waals surface area contributed by atoms with Gasteiger partial charge in [-0.2, -0.15) is 0 Å². The van der Waals surface area contributed by atoms with Crippen molar-refractivity contribution in [2.75, 3.05) is 6.54 Å². The largest absolute Gasteiger partial charge is 0.481 e. The number of hydrogen-bond donors (Lipinski definition) is 2. The highest BCUT2D eigenvalue weighted by molar-refractivity contribution is 5.85. The molecule has 2 N–H and O–H groups in total. The lowest BCUT2D eigenvalue weighted by Gasteiger charge is -2.22. The fourth-order valence-corrected chi connectivity index (χ4v) is 3.37. The van der Waals surface area contributed by atoms with Crippen molar-refractivity contribution < 1.29 is 14.7 Å². The summed E-state index contributed by atoms with van der Waals surface area (Å²) in [4.78, 5) is 23.4. The SMILES string of the molecule is CC1C[C@H](C(=O)NCC2(C(C)C)CC2)[C@H](C(=O)O)C1. The molecule has 0 aromatic heterocycles. The maximum Gasteiger partial charge on any atom is 0.307 e. The zero-order valence-electron chi connectivity index (χ0n) is 12.1. The molecule has 0 bridgehead atoms. The van der Waals surface area contributed by atoms with Gasteiger partial charge in [-0.05, 0) is 42.9 Å². The molecule has 108 valence electrons. The molecule has 19 heavy (non-hydrogen) atoms. The second-order valence-corrected chi connectivity index (χ2v) is 6.86. The lowest BCUT2D eigenvalue weighted by atomic mass is 9.91. The summed E-state index contributed by atoms with van der Waals surface area (Å²) in [7, 11) is 0. The summed E-state index contributed by atoms with van der Waals surface area (Å²) in [6, 6.07) is 0. The Morgan fingerprint density at radius 2 is 1.84 bits per heavy atom. The molecule has 0 spiro atoms. The average molecular weight is 267 g/mol. The van der Waals surface area contributed by atoms with E-state index in [9.17, 15) is 14.7 Å². The Hall–Kier alpha value is -1.06. The first-order valence-corrected chi connectivity index (χ1v) is 7.36. The standard InChI is InChI=1S/C15H25NO3/c1-9(2)15(4-5-15)8-16-13(17)11-6-10(3)7-12(11)14(18)19/h9-12H,4-8H2,1-3H3,(H,16,17)(H,18,19)/t10?,11-,12+/m0/s1. The molecular weight excluding hydrogens is 242 g/mol. The van der Waals surface area contributed by atoms with E-state index in [1.54, 1.807) is 0 Å². The van der Waals surface area contributed by atoms with Crippen LogP contribution in [0.1, 0.15) is 46.5 Å². The normalized spacial score (nSPS) is 32.3. The summed E-state index contributed by atoms with van der Waals surface area (Å²) in [5, 5.41) is 12.2. The molecule has 0 heterocycles. The van der Waals surface area contributed by atoms with Gasteiger partial charge in [0.25, 0.3) is 0 Å². The molecular formula is C15H25NO3. The van der Waals surface area contributed by atoms with Crippen LogP contribution in [0.3, 0.4) is 0 Å². The zero-order valence-corrected chi connectivity index (χ0v) is 12.1. The van der Waals surface area contributed by atoms with Gasteiger partial charge in [0, 0.05) is 6.54 Å². The summed E-state index contributed by atoms with van der Waals surface area (Å²) < 4.78 is 0. The Morgan fingerprint density at radius 1 is 1.26 bits per heavy atom. The van der Waals surface area contributed by atoms with E-state index < -0.39 is 11.9 Å². The quantitative estimate of drug-likeness (QED) is 0.803. The van der Waals surface area contributed by atoms with E-state index in [2.05, 4.69) is 19.2 Å². The molecule has 1 unspecified atom stereocenters. The number of hydrogen-bond acceptors (Lipinski definition) is 2. The van der Waals surface area contributed by atoms with Gasteiger partial charge < -0.3 is 10.4 Å². The van der Waals surface area contributed by atoms with Crippen molar-refractivity contribution in [1.29, 1.82) is 0 Å². The second-order valence-electron chi connectivity index (χ2n) is 6.86. The number of amides is 1. The van der Waals surface area contributed by atoms with Gasteiger partial charge in [0.2, 0.25) is 5.91 Å². The molecule has 2 saturated carbocycles. The van der Waals surface area contributed by atoms with Crippen LogP contribution in [0.15, 0.2) is 0 Å². The summed E-state index contributed by atoms with van der Waals surface area (Å²) >= 11 is 0. The van der Waals surface area contributed by atoms with Crippen LogP contribution in [0, 0.1) is 29.1 Å². The van der Waals surface area contributed by atoms with Crippen molar-refractivity contribution in [1.82, 2.24) is 5.32 Å². The Labute approximate surface area is 115 Å². The summed E-state index contributed by atoms with van der Waals surface area (Å²) in [5.41, 5.74) is 0.276. The van der Waals surface area contributed by atoms with Gasteiger partial charge in [-0.25, -0.2) is 0 Å². The number of carbonyl (C=O) groups is 2.